The second-order valence-corrected chi connectivity index (χ2v) is 15.0. The van der Waals surface area contributed by atoms with E-state index in [1.54, 1.807) is 42.0 Å². The maximum absolute atomic E-state index is 15.9. The number of ether oxygens (including phenoxy) is 1. The molecule has 3 N–H and O–H groups in total. The number of halogens is 1. The summed E-state index contributed by atoms with van der Waals surface area (Å²) >= 11 is 0. The lowest BCUT2D eigenvalue weighted by Crippen LogP contribution is -2.44. The quantitative estimate of drug-likeness (QED) is 0.345. The third kappa shape index (κ3) is 4.57. The number of benzene rings is 1. The summed E-state index contributed by atoms with van der Waals surface area (Å²) in [5.74, 6) is -0.716. The molecule has 0 bridgehead atoms. The lowest BCUT2D eigenvalue weighted by atomic mass is 9.82. The Morgan fingerprint density at radius 1 is 1.39 bits per heavy atom. The Kier molecular flexibility index (Phi) is 7.18. The Labute approximate surface area is 223 Å². The molecule has 12 heteroatoms. The van der Waals surface area contributed by atoms with E-state index < -0.39 is 31.6 Å². The van der Waals surface area contributed by atoms with Crippen molar-refractivity contribution in [1.82, 2.24) is 20.3 Å². The highest BCUT2D eigenvalue weighted by Gasteiger charge is 2.66. The van der Waals surface area contributed by atoms with Crippen molar-refractivity contribution in [2.45, 2.75) is 75.5 Å². The number of nitrogens with zero attached hydrogens (tertiary/aromatic N) is 4. The fourth-order valence-electron chi connectivity index (χ4n) is 6.57. The predicted octanol–water partition coefficient (Wildman–Crippen LogP) is 2.35. The minimum atomic E-state index is -3.27. The molecular weight excluding hydrogens is 507 g/mol. The molecule has 4 heterocycles. The highest BCUT2D eigenvalue weighted by molar-refractivity contribution is 6.72. The van der Waals surface area contributed by atoms with E-state index in [1.165, 1.54) is 0 Å². The molecule has 5 rings (SSSR count). The number of anilines is 2. The summed E-state index contributed by atoms with van der Waals surface area (Å²) < 4.78 is 24.3. The second kappa shape index (κ2) is 10.1. The van der Waals surface area contributed by atoms with E-state index in [2.05, 4.69) is 20.9 Å². The van der Waals surface area contributed by atoms with Gasteiger partial charge in [0, 0.05) is 55.5 Å². The van der Waals surface area contributed by atoms with Gasteiger partial charge in [0.25, 0.3) is 5.91 Å². The van der Waals surface area contributed by atoms with E-state index in [-0.39, 0.29) is 24.5 Å². The van der Waals surface area contributed by atoms with Crippen LogP contribution in [0.5, 0.6) is 0 Å². The fourth-order valence-corrected chi connectivity index (χ4v) is 9.12. The first kappa shape index (κ1) is 26.9. The largest absolute Gasteiger partial charge is 0.396 e. The van der Waals surface area contributed by atoms with Crippen molar-refractivity contribution < 1.29 is 23.5 Å². The molecule has 2 amide bonds. The number of nitrogens with one attached hydrogen (secondary N) is 2. The van der Waals surface area contributed by atoms with E-state index in [9.17, 15) is 9.59 Å². The summed E-state index contributed by atoms with van der Waals surface area (Å²) in [5, 5.41) is 23.5. The number of aliphatic hydroxyl groups is 1. The fraction of sp³-hybridized carbons (Fsp3) is 0.615. The third-order valence-corrected chi connectivity index (χ3v) is 10.8. The molecule has 0 saturated carbocycles. The molecule has 3 aliphatic rings. The molecule has 3 aliphatic heterocycles. The number of rotatable bonds is 8. The van der Waals surface area contributed by atoms with Gasteiger partial charge in [0.2, 0.25) is 14.3 Å². The van der Waals surface area contributed by atoms with Crippen molar-refractivity contribution in [1.29, 1.82) is 0 Å². The van der Waals surface area contributed by atoms with Gasteiger partial charge in [0.15, 0.2) is 5.60 Å². The van der Waals surface area contributed by atoms with Gasteiger partial charge in [-0.05, 0) is 57.1 Å². The Hall–Kier alpha value is -2.67. The van der Waals surface area contributed by atoms with Crippen molar-refractivity contribution in [3.63, 3.8) is 0 Å². The summed E-state index contributed by atoms with van der Waals surface area (Å²) in [4.78, 5) is 28.2. The summed E-state index contributed by atoms with van der Waals surface area (Å²) in [6.45, 7) is 6.53. The van der Waals surface area contributed by atoms with Crippen LogP contribution in [0.3, 0.4) is 0 Å². The molecule has 1 aromatic heterocycles. The molecule has 2 fully saturated rings. The highest BCUT2D eigenvalue weighted by atomic mass is 28.4. The van der Waals surface area contributed by atoms with Crippen LogP contribution in [0.15, 0.2) is 24.4 Å². The number of likely N-dealkylation sites (N-methyl/N-ethyl adjacent to an activating group) is 1. The molecule has 0 radical (unpaired) electrons. The Balaban J connectivity index is 1.45. The lowest BCUT2D eigenvalue weighted by molar-refractivity contribution is -0.145. The van der Waals surface area contributed by atoms with Gasteiger partial charge >= 0.3 is 0 Å². The van der Waals surface area contributed by atoms with Crippen molar-refractivity contribution in [2.75, 3.05) is 30.4 Å². The topological polar surface area (TPSA) is 122 Å². The highest BCUT2D eigenvalue weighted by Crippen LogP contribution is 2.60. The smallest absolute Gasteiger partial charge is 0.264 e. The minimum Gasteiger partial charge on any atom is -0.396 e. The standard InChI is InChI=1S/C26H37FN6O4Si/c1-16-23(38(3,4)27)22(9-12-33-15-18(10-13-34)30-31-33)37-26(16)19-14-17(7-8-21(19)32(2)25(26)36)29-24(35)20-6-5-11-28-20/h7-8,14-16,20,22-23,28,34H,5-6,9-13H2,1-4H3,(H,29,35)/t16-,20+,22+,23-,26+/m0/s1. The van der Waals surface area contributed by atoms with Crippen LogP contribution in [-0.2, 0) is 32.9 Å². The molecule has 2 saturated heterocycles. The summed E-state index contributed by atoms with van der Waals surface area (Å²) in [5.41, 5.74) is 0.911. The third-order valence-electron chi connectivity index (χ3n) is 8.33. The van der Waals surface area contributed by atoms with Gasteiger partial charge in [-0.3, -0.25) is 14.3 Å². The molecule has 5 atom stereocenters. The van der Waals surface area contributed by atoms with Gasteiger partial charge in [0.1, 0.15) is 0 Å². The Bertz CT molecular complexity index is 1210. The Morgan fingerprint density at radius 2 is 2.18 bits per heavy atom. The van der Waals surface area contributed by atoms with Gasteiger partial charge in [-0.1, -0.05) is 12.1 Å². The molecule has 1 spiro atoms. The molecule has 2 aromatic rings. The molecule has 0 aliphatic carbocycles. The van der Waals surface area contributed by atoms with Crippen LogP contribution in [-0.4, -0.2) is 72.7 Å². The predicted molar refractivity (Wildman–Crippen MR) is 143 cm³/mol. The van der Waals surface area contributed by atoms with E-state index in [4.69, 9.17) is 9.84 Å². The van der Waals surface area contributed by atoms with Crippen LogP contribution < -0.4 is 15.5 Å². The van der Waals surface area contributed by atoms with E-state index in [1.807, 2.05) is 19.1 Å². The molecule has 0 unspecified atom stereocenters. The zero-order valence-electron chi connectivity index (χ0n) is 22.4. The first-order chi connectivity index (χ1) is 18.1. The van der Waals surface area contributed by atoms with Gasteiger partial charge in [-0.2, -0.15) is 0 Å². The number of aryl methyl sites for hydroxylation is 1. The van der Waals surface area contributed by atoms with Gasteiger partial charge in [-0.15, -0.1) is 5.10 Å². The summed E-state index contributed by atoms with van der Waals surface area (Å²) in [7, 11) is -1.56. The van der Waals surface area contributed by atoms with Crippen LogP contribution in [0.25, 0.3) is 0 Å². The van der Waals surface area contributed by atoms with Crippen molar-refractivity contribution in [3.05, 3.63) is 35.7 Å². The molecule has 38 heavy (non-hydrogen) atoms. The first-order valence-electron chi connectivity index (χ1n) is 13.4. The summed E-state index contributed by atoms with van der Waals surface area (Å²) in [6.07, 6.45) is 3.91. The van der Waals surface area contributed by atoms with E-state index in [0.717, 1.165) is 19.4 Å². The molecule has 1 aromatic carbocycles. The van der Waals surface area contributed by atoms with Crippen molar-refractivity contribution >= 4 is 31.6 Å². The number of amides is 2. The zero-order valence-corrected chi connectivity index (χ0v) is 23.4. The average molecular weight is 545 g/mol. The van der Waals surface area contributed by atoms with Crippen molar-refractivity contribution in [3.8, 4) is 0 Å². The van der Waals surface area contributed by atoms with E-state index in [0.29, 0.717) is 42.0 Å². The number of carbonyl (C=O) groups excluding carboxylic acids is 2. The second-order valence-electron chi connectivity index (χ2n) is 11.2. The Morgan fingerprint density at radius 3 is 2.87 bits per heavy atom. The lowest BCUT2D eigenvalue weighted by Gasteiger charge is -2.31. The van der Waals surface area contributed by atoms with Crippen LogP contribution in [0.4, 0.5) is 15.5 Å². The van der Waals surface area contributed by atoms with Gasteiger partial charge in [-0.25, -0.2) is 0 Å². The average Bonchev–Trinajstić information content (AvgIpc) is 3.64. The SMILES string of the molecule is C[C@H]1[C@H]([Si](C)(C)F)[C@@H](CCn2cc(CCO)nn2)O[C@]12C(=O)N(C)c1ccc(NC(=O)[C@H]3CCCN3)cc12. The zero-order chi connectivity index (χ0) is 27.2. The maximum atomic E-state index is 15.9. The first-order valence-corrected chi connectivity index (χ1v) is 16.4. The maximum Gasteiger partial charge on any atom is 0.264 e. The summed E-state index contributed by atoms with van der Waals surface area (Å²) in [6, 6.07) is 5.22. The van der Waals surface area contributed by atoms with Crippen LogP contribution in [0.1, 0.15) is 37.4 Å². The molecular formula is C26H37FN6O4Si. The number of hydrogen-bond acceptors (Lipinski definition) is 7. The monoisotopic (exact) mass is 544 g/mol. The number of aromatic nitrogens is 3. The molecule has 206 valence electrons. The number of fused-ring (bicyclic) bond motifs is 2. The van der Waals surface area contributed by atoms with E-state index >= 15 is 4.11 Å². The minimum absolute atomic E-state index is 0.0111. The normalized spacial score (nSPS) is 28.9. The van der Waals surface area contributed by atoms with Crippen LogP contribution in [0, 0.1) is 5.92 Å². The van der Waals surface area contributed by atoms with Crippen molar-refractivity contribution in [2.24, 2.45) is 5.92 Å². The number of hydrogen-bond donors (Lipinski definition) is 3. The van der Waals surface area contributed by atoms with Crippen LogP contribution in [0.2, 0.25) is 18.6 Å². The number of carbonyl (C=O) groups is 2. The van der Waals surface area contributed by atoms with Gasteiger partial charge < -0.3 is 29.5 Å². The molecule has 10 nitrogen and oxygen atoms in total. The number of aliphatic hydroxyl groups excluding tert-OH is 1. The van der Waals surface area contributed by atoms with Crippen LogP contribution >= 0.6 is 0 Å². The van der Waals surface area contributed by atoms with Gasteiger partial charge in [0.05, 0.1) is 23.5 Å².